The van der Waals surface area contributed by atoms with E-state index in [9.17, 15) is 4.79 Å². The maximum atomic E-state index is 12.1. The number of rotatable bonds is 4. The van der Waals surface area contributed by atoms with Crippen LogP contribution in [-0.4, -0.2) is 18.6 Å². The van der Waals surface area contributed by atoms with Gasteiger partial charge in [-0.2, -0.15) is 0 Å². The zero-order valence-electron chi connectivity index (χ0n) is 12.9. The van der Waals surface area contributed by atoms with Crippen LogP contribution < -0.4 is 5.32 Å². The Kier molecular flexibility index (Phi) is 5.31. The van der Waals surface area contributed by atoms with Crippen molar-refractivity contribution in [2.45, 2.75) is 31.3 Å². The van der Waals surface area contributed by atoms with E-state index in [0.29, 0.717) is 24.0 Å². The van der Waals surface area contributed by atoms with Gasteiger partial charge in [-0.05, 0) is 42.7 Å². The molecule has 3 rings (SSSR count). The Morgan fingerprint density at radius 2 is 1.83 bits per heavy atom. The number of carbonyl (C=O) groups excluding carboxylic acids is 1. The molecule has 2 aromatic carbocycles. The number of halogens is 1. The summed E-state index contributed by atoms with van der Waals surface area (Å²) in [4.78, 5) is 12.1. The molecule has 1 aliphatic rings. The summed E-state index contributed by atoms with van der Waals surface area (Å²) in [5.74, 6) is 0.419. The zero-order valence-corrected chi connectivity index (χ0v) is 13.6. The lowest BCUT2D eigenvalue weighted by Crippen LogP contribution is -2.29. The number of carbonyl (C=O) groups is 1. The van der Waals surface area contributed by atoms with E-state index in [1.165, 1.54) is 5.56 Å². The van der Waals surface area contributed by atoms with E-state index < -0.39 is 0 Å². The van der Waals surface area contributed by atoms with E-state index in [4.69, 9.17) is 16.3 Å². The quantitative estimate of drug-likeness (QED) is 0.888. The van der Waals surface area contributed by atoms with Crippen LogP contribution in [0.4, 0.5) is 5.69 Å². The number of nitrogens with one attached hydrogen (secondary N) is 1. The molecule has 1 aliphatic heterocycles. The molecule has 1 N–H and O–H groups in total. The summed E-state index contributed by atoms with van der Waals surface area (Å²) < 4.78 is 5.89. The summed E-state index contributed by atoms with van der Waals surface area (Å²) in [6.07, 6.45) is 2.36. The first-order chi connectivity index (χ1) is 11.2. The van der Waals surface area contributed by atoms with Crippen molar-refractivity contribution in [1.29, 1.82) is 0 Å². The first-order valence-electron chi connectivity index (χ1n) is 7.92. The third-order valence-corrected chi connectivity index (χ3v) is 4.43. The third-order valence-electron chi connectivity index (χ3n) is 4.18. The van der Waals surface area contributed by atoms with Gasteiger partial charge in [0.2, 0.25) is 5.91 Å². The van der Waals surface area contributed by atoms with E-state index >= 15 is 0 Å². The molecule has 2 aromatic rings. The van der Waals surface area contributed by atoms with Gasteiger partial charge in [-0.15, -0.1) is 0 Å². The molecule has 3 nitrogen and oxygen atoms in total. The van der Waals surface area contributed by atoms with Crippen molar-refractivity contribution in [2.75, 3.05) is 11.9 Å². The van der Waals surface area contributed by atoms with Gasteiger partial charge in [-0.25, -0.2) is 0 Å². The molecule has 0 aromatic heterocycles. The Morgan fingerprint density at radius 3 is 2.48 bits per heavy atom. The van der Waals surface area contributed by atoms with E-state index in [1.54, 1.807) is 24.3 Å². The summed E-state index contributed by atoms with van der Waals surface area (Å²) in [6, 6.07) is 17.5. The Balaban J connectivity index is 1.47. The number of hydrogen-bond acceptors (Lipinski definition) is 2. The number of anilines is 1. The van der Waals surface area contributed by atoms with Crippen molar-refractivity contribution in [3.8, 4) is 0 Å². The average molecular weight is 330 g/mol. The first-order valence-corrected chi connectivity index (χ1v) is 8.30. The van der Waals surface area contributed by atoms with Crippen molar-refractivity contribution in [3.63, 3.8) is 0 Å². The van der Waals surface area contributed by atoms with Gasteiger partial charge in [0.1, 0.15) is 0 Å². The van der Waals surface area contributed by atoms with Gasteiger partial charge in [0.05, 0.1) is 19.1 Å². The molecule has 0 aliphatic carbocycles. The van der Waals surface area contributed by atoms with Crippen LogP contribution in [0.2, 0.25) is 5.02 Å². The topological polar surface area (TPSA) is 38.3 Å². The van der Waals surface area contributed by atoms with Crippen LogP contribution in [0.3, 0.4) is 0 Å². The fraction of sp³-hybridized carbons (Fsp3) is 0.316. The Morgan fingerprint density at radius 1 is 1.09 bits per heavy atom. The van der Waals surface area contributed by atoms with Gasteiger partial charge in [0.25, 0.3) is 0 Å². The van der Waals surface area contributed by atoms with E-state index in [0.717, 1.165) is 18.5 Å². The first kappa shape index (κ1) is 16.0. The maximum absolute atomic E-state index is 12.1. The summed E-state index contributed by atoms with van der Waals surface area (Å²) in [5, 5.41) is 3.54. The number of amides is 1. The standard InChI is InChI=1S/C19H20ClNO2/c20-16-7-9-17(10-8-16)21-19(22)12-18-11-6-15(13-23-18)14-4-2-1-3-5-14/h1-5,7-10,15,18H,6,11-13H2,(H,21,22). The highest BCUT2D eigenvalue weighted by Crippen LogP contribution is 2.29. The normalized spacial score (nSPS) is 20.9. The maximum Gasteiger partial charge on any atom is 0.226 e. The summed E-state index contributed by atoms with van der Waals surface area (Å²) >= 11 is 5.84. The second-order valence-corrected chi connectivity index (χ2v) is 6.34. The predicted molar refractivity (Wildman–Crippen MR) is 92.9 cm³/mol. The molecule has 0 spiro atoms. The second-order valence-electron chi connectivity index (χ2n) is 5.90. The minimum Gasteiger partial charge on any atom is -0.377 e. The van der Waals surface area contributed by atoms with Crippen LogP contribution in [0, 0.1) is 0 Å². The highest BCUT2D eigenvalue weighted by Gasteiger charge is 2.24. The number of hydrogen-bond donors (Lipinski definition) is 1. The van der Waals surface area contributed by atoms with Gasteiger partial charge in [0, 0.05) is 16.6 Å². The van der Waals surface area contributed by atoms with Crippen LogP contribution >= 0.6 is 11.6 Å². The van der Waals surface area contributed by atoms with Crippen molar-refractivity contribution in [2.24, 2.45) is 0 Å². The fourth-order valence-corrected chi connectivity index (χ4v) is 3.03. The summed E-state index contributed by atoms with van der Waals surface area (Å²) in [5.41, 5.74) is 2.08. The van der Waals surface area contributed by atoms with Crippen molar-refractivity contribution in [3.05, 3.63) is 65.2 Å². The van der Waals surface area contributed by atoms with Gasteiger partial charge in [-0.3, -0.25) is 4.79 Å². The SMILES string of the molecule is O=C(CC1CCC(c2ccccc2)CO1)Nc1ccc(Cl)cc1. The number of benzene rings is 2. The van der Waals surface area contributed by atoms with E-state index in [-0.39, 0.29) is 12.0 Å². The molecule has 120 valence electrons. The van der Waals surface area contributed by atoms with Crippen molar-refractivity contribution in [1.82, 2.24) is 0 Å². The Hall–Kier alpha value is -1.84. The number of ether oxygens (including phenoxy) is 1. The Labute approximate surface area is 141 Å². The van der Waals surface area contributed by atoms with Crippen LogP contribution in [0.25, 0.3) is 0 Å². The molecule has 1 heterocycles. The van der Waals surface area contributed by atoms with Crippen molar-refractivity contribution < 1.29 is 9.53 Å². The highest BCUT2D eigenvalue weighted by atomic mass is 35.5. The average Bonchev–Trinajstić information content (AvgIpc) is 2.58. The van der Waals surface area contributed by atoms with Crippen LogP contribution in [0.1, 0.15) is 30.7 Å². The largest absolute Gasteiger partial charge is 0.377 e. The minimum atomic E-state index is -0.0181. The lowest BCUT2D eigenvalue weighted by atomic mass is 9.90. The molecule has 1 saturated heterocycles. The van der Waals surface area contributed by atoms with Crippen molar-refractivity contribution >= 4 is 23.2 Å². The second kappa shape index (κ2) is 7.62. The Bertz CT molecular complexity index is 634. The smallest absolute Gasteiger partial charge is 0.226 e. The summed E-state index contributed by atoms with van der Waals surface area (Å²) in [6.45, 7) is 0.683. The van der Waals surface area contributed by atoms with Crippen LogP contribution in [-0.2, 0) is 9.53 Å². The van der Waals surface area contributed by atoms with Gasteiger partial charge in [0.15, 0.2) is 0 Å². The van der Waals surface area contributed by atoms with Crippen LogP contribution in [0.15, 0.2) is 54.6 Å². The molecular formula is C19H20ClNO2. The van der Waals surface area contributed by atoms with E-state index in [1.807, 2.05) is 6.07 Å². The molecule has 2 atom stereocenters. The lowest BCUT2D eigenvalue weighted by Gasteiger charge is -2.29. The zero-order chi connectivity index (χ0) is 16.1. The molecule has 0 saturated carbocycles. The molecule has 2 unspecified atom stereocenters. The van der Waals surface area contributed by atoms with Crippen LogP contribution in [0.5, 0.6) is 0 Å². The van der Waals surface area contributed by atoms with Gasteiger partial charge in [-0.1, -0.05) is 41.9 Å². The summed E-state index contributed by atoms with van der Waals surface area (Å²) in [7, 11) is 0. The van der Waals surface area contributed by atoms with Gasteiger partial charge >= 0.3 is 0 Å². The van der Waals surface area contributed by atoms with Gasteiger partial charge < -0.3 is 10.1 Å². The molecular weight excluding hydrogens is 310 g/mol. The molecule has 1 fully saturated rings. The molecule has 1 amide bonds. The molecule has 4 heteroatoms. The lowest BCUT2D eigenvalue weighted by molar-refractivity contribution is -0.120. The predicted octanol–water partition coefficient (Wildman–Crippen LogP) is 4.63. The third kappa shape index (κ3) is 4.57. The molecule has 0 radical (unpaired) electrons. The molecule has 0 bridgehead atoms. The highest BCUT2D eigenvalue weighted by molar-refractivity contribution is 6.30. The monoisotopic (exact) mass is 329 g/mol. The van der Waals surface area contributed by atoms with E-state index in [2.05, 4.69) is 29.6 Å². The fourth-order valence-electron chi connectivity index (χ4n) is 2.91. The molecule has 23 heavy (non-hydrogen) atoms. The minimum absolute atomic E-state index is 0.00209.